The number of thiophene rings is 1. The Labute approximate surface area is 876 Å². The summed E-state index contributed by atoms with van der Waals surface area (Å²) >= 11 is 1.88. The minimum atomic E-state index is -0.132. The maximum atomic E-state index is 7.26. The van der Waals surface area contributed by atoms with Crippen molar-refractivity contribution in [2.45, 2.75) is 236 Å². The van der Waals surface area contributed by atoms with Crippen LogP contribution in [0.2, 0.25) is 0 Å². The molecule has 0 saturated heterocycles. The maximum absolute atomic E-state index is 7.26. The summed E-state index contributed by atoms with van der Waals surface area (Å²) in [6, 6.07) is 118. The van der Waals surface area contributed by atoms with Gasteiger partial charge in [0.05, 0.1) is 33.8 Å². The quantitative estimate of drug-likeness (QED) is 0.141. The summed E-state index contributed by atoms with van der Waals surface area (Å²) in [5.74, 6) is 0. The Balaban J connectivity index is 0.000000154. The van der Waals surface area contributed by atoms with Crippen molar-refractivity contribution >= 4 is 234 Å². The summed E-state index contributed by atoms with van der Waals surface area (Å²) in [5, 5.41) is 9.33. The molecule has 0 aliphatic carbocycles. The van der Waals surface area contributed by atoms with E-state index in [0.717, 1.165) is 128 Å². The van der Waals surface area contributed by atoms with Gasteiger partial charge in [-0.15, -0.1) is 11.3 Å². The lowest BCUT2D eigenvalue weighted by Gasteiger charge is -2.42. The highest BCUT2D eigenvalue weighted by molar-refractivity contribution is 7.26. The fraction of sp³-hybridized carbons (Fsp3) is 0.265. The average molecular weight is 1950 g/mol. The van der Waals surface area contributed by atoms with Crippen molar-refractivity contribution in [2.75, 3.05) is 19.6 Å². The molecule has 736 valence electrons. The van der Waals surface area contributed by atoms with Crippen molar-refractivity contribution in [3.05, 3.63) is 359 Å². The van der Waals surface area contributed by atoms with E-state index in [0.29, 0.717) is 0 Å². The van der Waals surface area contributed by atoms with E-state index in [4.69, 9.17) is 13.3 Å². The fourth-order valence-electron chi connectivity index (χ4n) is 24.2. The van der Waals surface area contributed by atoms with Crippen LogP contribution in [0.15, 0.2) is 323 Å². The molecule has 0 radical (unpaired) electrons. The summed E-state index contributed by atoms with van der Waals surface area (Å²) in [4.78, 5) is 10.2. The topological polar surface area (TPSA) is 62.2 Å². The van der Waals surface area contributed by atoms with Gasteiger partial charge in [-0.25, -0.2) is 0 Å². The van der Waals surface area contributed by atoms with Gasteiger partial charge in [-0.3, -0.25) is 0 Å². The zero-order valence-electron chi connectivity index (χ0n) is 90.9. The van der Waals surface area contributed by atoms with Crippen LogP contribution in [0.4, 0.5) is 68.2 Å². The number of rotatable bonds is 8. The van der Waals surface area contributed by atoms with Gasteiger partial charge >= 0.3 is 0 Å². The largest absolute Gasteiger partial charge is 0.454 e. The van der Waals surface area contributed by atoms with E-state index in [1.54, 1.807) is 0 Å². The van der Waals surface area contributed by atoms with Crippen molar-refractivity contribution in [2.24, 2.45) is 0 Å². The van der Waals surface area contributed by atoms with Gasteiger partial charge in [0.2, 0.25) is 0 Å². The van der Waals surface area contributed by atoms with Crippen LogP contribution in [-0.4, -0.2) is 22.6 Å². The van der Waals surface area contributed by atoms with E-state index in [9.17, 15) is 0 Å². The van der Waals surface area contributed by atoms with Gasteiger partial charge in [-0.2, -0.15) is 0 Å². The number of hydrogen-bond acceptors (Lipinski definition) is 8. The number of para-hydroxylation sites is 3. The third kappa shape index (κ3) is 14.9. The minimum Gasteiger partial charge on any atom is -0.454 e. The summed E-state index contributed by atoms with van der Waals surface area (Å²) in [6.07, 6.45) is 0. The molecule has 9 nitrogen and oxygen atoms in total. The molecule has 0 N–H and O–H groups in total. The Morgan fingerprint density at radius 3 is 0.953 bits per heavy atom. The van der Waals surface area contributed by atoms with Crippen LogP contribution in [0.25, 0.3) is 119 Å². The van der Waals surface area contributed by atoms with Crippen molar-refractivity contribution in [1.82, 2.24) is 9.13 Å². The molecule has 26 rings (SSSR count). The predicted octanol–water partition coefficient (Wildman–Crippen LogP) is 35.2. The number of fused-ring (bicyclic) bond motifs is 24. The first-order valence-corrected chi connectivity index (χ1v) is 54.0. The second-order valence-corrected chi connectivity index (χ2v) is 52.9. The Kier molecular flexibility index (Phi) is 20.8. The first-order valence-electron chi connectivity index (χ1n) is 53.2. The molecule has 16 aromatic carbocycles. The summed E-state index contributed by atoms with van der Waals surface area (Å²) < 4.78 is 29.2. The molecule has 0 fully saturated rings. The number of hydrogen-bond donors (Lipinski definition) is 0. The van der Waals surface area contributed by atoms with Crippen LogP contribution in [0.5, 0.6) is 0 Å². The molecule has 0 spiro atoms. The van der Waals surface area contributed by atoms with Gasteiger partial charge in [-0.1, -0.05) is 345 Å². The van der Waals surface area contributed by atoms with E-state index < -0.39 is 0 Å². The van der Waals surface area contributed by atoms with Gasteiger partial charge in [-0.05, 0) is 283 Å². The van der Waals surface area contributed by atoms with E-state index in [1.807, 2.05) is 11.3 Å². The Hall–Kier alpha value is -14.5. The molecule has 12 heteroatoms. The van der Waals surface area contributed by atoms with Gasteiger partial charge in [0.25, 0.3) is 13.4 Å². The van der Waals surface area contributed by atoms with Crippen LogP contribution in [0.3, 0.4) is 0 Å². The number of aromatic nitrogens is 2. The highest BCUT2D eigenvalue weighted by Crippen LogP contribution is 2.56. The Morgan fingerprint density at radius 2 is 0.541 bits per heavy atom. The molecule has 0 atom stereocenters. The molecule has 0 amide bonds. The molecule has 0 unspecified atom stereocenters. The van der Waals surface area contributed by atoms with Crippen LogP contribution in [0.1, 0.15) is 237 Å². The minimum absolute atomic E-state index is 0.00666. The van der Waals surface area contributed by atoms with E-state index in [2.05, 4.69) is 525 Å². The smallest absolute Gasteiger partial charge is 0.252 e. The average Bonchev–Trinajstić information content (AvgIpc) is 1.52. The zero-order chi connectivity index (χ0) is 103. The monoisotopic (exact) mass is 1950 g/mol. The summed E-state index contributed by atoms with van der Waals surface area (Å²) in [6.45, 7) is 62.2. The molecular weight excluding hydrogens is 1820 g/mol. The van der Waals surface area contributed by atoms with Crippen molar-refractivity contribution in [3.63, 3.8) is 0 Å². The summed E-state index contributed by atoms with van der Waals surface area (Å²) in [7, 11) is 0. The molecule has 0 bridgehead atoms. The van der Waals surface area contributed by atoms with Gasteiger partial charge in [0.1, 0.15) is 27.8 Å². The van der Waals surface area contributed by atoms with Crippen molar-refractivity contribution in [3.8, 4) is 11.4 Å². The number of anilines is 12. The maximum Gasteiger partial charge on any atom is 0.252 e. The second kappa shape index (κ2) is 32.5. The number of nitrogens with zero attached hydrogens (tertiary/aromatic N) is 6. The standard InChI is InChI=1S/C70H70BN3O2.C66H62BN3OS/c1-66(2,3)41-23-29-46(30-24-41)72(47-31-25-42(26-32-47)67(4,5)6)48-39-57-61-58(40-48)74-62-52(65-63(74)51-19-16-17-22-59(51)75-65)35-45(70(13,14)15)36-54(62)71(61)53-34-28-43(68(7,8)9)37-56(53)73(57)55-21-18-20-50-49-33-27-44(69(10,11)12)38-60(49)76-64(50)55;1-63(2,3)39-24-29-43(30-25-39)68(44-31-26-40(27-32-44)64(4,5)6)45-37-53-59-54(38-45)70-60-48(62-61(70)46-18-13-15-21-55(46)71-62)34-42(66(10,11)12)35-50(60)67(59)49-33-28-41(65(7,8)9)36-52(49)69(53)51-20-17-23-57-58(51)47-19-14-16-22-56(47)72-57/h16-40H,1-15H3;13-38H,1-12H3. The van der Waals surface area contributed by atoms with E-state index >= 15 is 0 Å². The van der Waals surface area contributed by atoms with Crippen LogP contribution in [-0.2, 0) is 48.7 Å². The van der Waals surface area contributed by atoms with Crippen molar-refractivity contribution in [1.29, 1.82) is 0 Å². The van der Waals surface area contributed by atoms with E-state index in [1.165, 1.54) is 142 Å². The molecule has 22 aromatic rings. The lowest BCUT2D eigenvalue weighted by molar-refractivity contribution is 0.587. The van der Waals surface area contributed by atoms with Crippen molar-refractivity contribution < 1.29 is 13.3 Å². The van der Waals surface area contributed by atoms with Gasteiger partial charge in [0, 0.05) is 109 Å². The third-order valence-corrected chi connectivity index (χ3v) is 33.7. The first-order chi connectivity index (χ1) is 70.1. The lowest BCUT2D eigenvalue weighted by atomic mass is 9.33. The first kappa shape index (κ1) is 94.5. The van der Waals surface area contributed by atoms with Crippen LogP contribution in [0, 0.1) is 0 Å². The number of furan rings is 3. The second-order valence-electron chi connectivity index (χ2n) is 51.8. The molecule has 6 aromatic heterocycles. The molecular formula is C136H132B2N6O3S. The number of benzene rings is 16. The van der Waals surface area contributed by atoms with Gasteiger partial charge in [0.15, 0.2) is 16.7 Å². The van der Waals surface area contributed by atoms with E-state index in [-0.39, 0.29) is 62.2 Å². The van der Waals surface area contributed by atoms with Gasteiger partial charge < -0.3 is 42.0 Å². The molecule has 4 aliphatic heterocycles. The molecule has 148 heavy (non-hydrogen) atoms. The predicted molar refractivity (Wildman–Crippen MR) is 638 cm³/mol. The fourth-order valence-corrected chi connectivity index (χ4v) is 25.3. The SMILES string of the molecule is CC(C)(C)c1ccc(N(c2ccc(C(C)(C)C)cc2)c2cc3c4c(c2)-n2c5c(cc(C(C)(C)C)cc5c5oc6ccccc6c52)B4c2ccc(C(C)(C)C)cc2N3c2cccc3c2oc2cc(C(C)(C)C)ccc23)cc1.CC(C)(C)c1ccc(N(c2ccc(C(C)(C)C)cc2)c2cc3c4c(c2)-n2c5c(cc(C(C)(C)C)cc5c5oc6ccccc6c52)B4c2ccc(C(C)(C)C)cc2N3c2cccc3sc4ccccc4c23)cc1. The molecule has 4 aliphatic rings. The lowest BCUT2D eigenvalue weighted by Crippen LogP contribution is -2.60. The normalized spacial score (nSPS) is 13.9. The Bertz CT molecular complexity index is 9170. The zero-order valence-corrected chi connectivity index (χ0v) is 91.7. The highest BCUT2D eigenvalue weighted by atomic mass is 32.1. The highest BCUT2D eigenvalue weighted by Gasteiger charge is 2.49. The van der Waals surface area contributed by atoms with Crippen LogP contribution >= 0.6 is 11.3 Å². The molecule has 10 heterocycles. The molecule has 0 saturated carbocycles. The summed E-state index contributed by atoms with van der Waals surface area (Å²) in [5.41, 5.74) is 44.8. The third-order valence-electron chi connectivity index (χ3n) is 32.5. The Morgan fingerprint density at radius 1 is 0.209 bits per heavy atom. The van der Waals surface area contributed by atoms with Crippen LogP contribution < -0.4 is 52.4 Å².